The van der Waals surface area contributed by atoms with Gasteiger partial charge in [-0.15, -0.1) is 0 Å². The van der Waals surface area contributed by atoms with Crippen LogP contribution in [0.2, 0.25) is 0 Å². The zero-order valence-electron chi connectivity index (χ0n) is 8.87. The fourth-order valence-electron chi connectivity index (χ4n) is 0.979. The average Bonchev–Trinajstić information content (AvgIpc) is 2.27. The summed E-state index contributed by atoms with van der Waals surface area (Å²) < 4.78 is 64.5. The summed E-state index contributed by atoms with van der Waals surface area (Å²) >= 11 is 0. The minimum atomic E-state index is -6.09. The highest BCUT2D eigenvalue weighted by atomic mass is 19.4. The van der Waals surface area contributed by atoms with Gasteiger partial charge in [0, 0.05) is 0 Å². The van der Waals surface area contributed by atoms with Crippen LogP contribution in [0.3, 0.4) is 0 Å². The first-order valence-electron chi connectivity index (χ1n) is 4.56. The van der Waals surface area contributed by atoms with Gasteiger partial charge in [-0.1, -0.05) is 6.07 Å². The fraction of sp³-hybridized carbons (Fsp3) is 0.200. The number of hydrogen-bond acceptors (Lipinski definition) is 3. The van der Waals surface area contributed by atoms with Crippen molar-refractivity contribution >= 4 is 11.9 Å². The van der Waals surface area contributed by atoms with E-state index in [1.165, 1.54) is 0 Å². The van der Waals surface area contributed by atoms with Crippen LogP contribution in [0.15, 0.2) is 24.3 Å². The molecule has 0 atom stereocenters. The Balaban J connectivity index is 2.95. The molecule has 0 aromatic heterocycles. The summed E-state index contributed by atoms with van der Waals surface area (Å²) in [6, 6.07) is 3.59. The number of halogens is 5. The van der Waals surface area contributed by atoms with E-state index in [0.29, 0.717) is 6.07 Å². The van der Waals surface area contributed by atoms with Gasteiger partial charge in [0.2, 0.25) is 0 Å². The van der Waals surface area contributed by atoms with Crippen LogP contribution in [0.5, 0.6) is 5.75 Å². The number of benzene rings is 1. The molecule has 1 rings (SSSR count). The van der Waals surface area contributed by atoms with Crippen molar-refractivity contribution in [2.75, 3.05) is 0 Å². The number of esters is 1. The Morgan fingerprint density at radius 2 is 1.68 bits per heavy atom. The number of carbonyl (C=O) groups is 2. The lowest BCUT2D eigenvalue weighted by Gasteiger charge is -2.17. The maximum absolute atomic E-state index is 12.6. The van der Waals surface area contributed by atoms with Crippen molar-refractivity contribution in [1.29, 1.82) is 0 Å². The van der Waals surface area contributed by atoms with Gasteiger partial charge in [-0.25, -0.2) is 9.59 Å². The summed E-state index contributed by atoms with van der Waals surface area (Å²) in [7, 11) is 0. The number of hydrogen-bond donors (Lipinski definition) is 1. The van der Waals surface area contributed by atoms with Gasteiger partial charge < -0.3 is 9.84 Å². The molecule has 0 heterocycles. The van der Waals surface area contributed by atoms with E-state index in [1.54, 1.807) is 0 Å². The molecule has 0 fully saturated rings. The molecule has 0 bridgehead atoms. The molecule has 1 N–H and O–H groups in total. The first kappa shape index (κ1) is 14.9. The van der Waals surface area contributed by atoms with Gasteiger partial charge in [0.15, 0.2) is 0 Å². The Hall–Kier alpha value is -2.19. The minimum Gasteiger partial charge on any atom is -0.478 e. The third kappa shape index (κ3) is 3.18. The third-order valence-corrected chi connectivity index (χ3v) is 1.90. The first-order valence-corrected chi connectivity index (χ1v) is 4.56. The van der Waals surface area contributed by atoms with Gasteiger partial charge in [0.05, 0.1) is 5.56 Å². The van der Waals surface area contributed by atoms with Crippen molar-refractivity contribution in [2.45, 2.75) is 12.1 Å². The zero-order valence-corrected chi connectivity index (χ0v) is 8.87. The Bertz CT molecular complexity index is 509. The molecule has 104 valence electrons. The molecule has 0 aliphatic carbocycles. The van der Waals surface area contributed by atoms with Crippen molar-refractivity contribution in [3.05, 3.63) is 29.8 Å². The molecule has 0 saturated heterocycles. The molecule has 0 radical (unpaired) electrons. The summed E-state index contributed by atoms with van der Waals surface area (Å²) in [4.78, 5) is 21.2. The second-order valence-electron chi connectivity index (χ2n) is 3.29. The molecular weight excluding hydrogens is 279 g/mol. The summed E-state index contributed by atoms with van der Waals surface area (Å²) in [6.07, 6.45) is -6.09. The second kappa shape index (κ2) is 4.82. The maximum Gasteiger partial charge on any atom is 0.465 e. The SMILES string of the molecule is O=C(O)c1cccc(OC(=O)C(F)(F)C(F)(F)F)c1. The molecule has 0 amide bonds. The highest BCUT2D eigenvalue weighted by Crippen LogP contribution is 2.36. The molecule has 0 unspecified atom stereocenters. The van der Waals surface area contributed by atoms with E-state index >= 15 is 0 Å². The largest absolute Gasteiger partial charge is 0.478 e. The van der Waals surface area contributed by atoms with Crippen molar-refractivity contribution in [1.82, 2.24) is 0 Å². The summed E-state index contributed by atoms with van der Waals surface area (Å²) in [6.45, 7) is 0. The topological polar surface area (TPSA) is 63.6 Å². The zero-order chi connectivity index (χ0) is 14.8. The molecule has 0 saturated carbocycles. The predicted octanol–water partition coefficient (Wildman–Crippen LogP) is 2.49. The van der Waals surface area contributed by atoms with Gasteiger partial charge in [0.25, 0.3) is 0 Å². The van der Waals surface area contributed by atoms with E-state index in [9.17, 15) is 31.5 Å². The highest BCUT2D eigenvalue weighted by Gasteiger charge is 2.65. The van der Waals surface area contributed by atoms with Gasteiger partial charge in [-0.05, 0) is 18.2 Å². The van der Waals surface area contributed by atoms with Crippen molar-refractivity contribution in [2.24, 2.45) is 0 Å². The van der Waals surface area contributed by atoms with Gasteiger partial charge in [-0.2, -0.15) is 22.0 Å². The molecular formula is C10H5F5O4. The van der Waals surface area contributed by atoms with Crippen LogP contribution in [0.4, 0.5) is 22.0 Å². The standard InChI is InChI=1S/C10H5F5O4/c11-9(12,10(13,14)15)8(18)19-6-3-1-2-5(4-6)7(16)17/h1-4H,(H,16,17). The van der Waals surface area contributed by atoms with Crippen molar-refractivity contribution in [3.63, 3.8) is 0 Å². The molecule has 1 aromatic carbocycles. The van der Waals surface area contributed by atoms with Crippen LogP contribution < -0.4 is 4.74 Å². The van der Waals surface area contributed by atoms with Crippen LogP contribution in [0, 0.1) is 0 Å². The molecule has 4 nitrogen and oxygen atoms in total. The molecule has 9 heteroatoms. The number of aromatic carboxylic acids is 1. The van der Waals surface area contributed by atoms with Gasteiger partial charge in [0.1, 0.15) is 5.75 Å². The maximum atomic E-state index is 12.6. The normalized spacial score (nSPS) is 12.1. The number of ether oxygens (including phenoxy) is 1. The Kier molecular flexibility index (Phi) is 3.78. The summed E-state index contributed by atoms with van der Waals surface area (Å²) in [5, 5.41) is 8.56. The Morgan fingerprint density at radius 3 is 2.16 bits per heavy atom. The lowest BCUT2D eigenvalue weighted by molar-refractivity contribution is -0.276. The molecule has 1 aromatic rings. The first-order chi connectivity index (χ1) is 8.55. The summed E-state index contributed by atoms with van der Waals surface area (Å²) in [5.74, 6) is -10.7. The molecule has 0 spiro atoms. The van der Waals surface area contributed by atoms with Crippen LogP contribution >= 0.6 is 0 Å². The predicted molar refractivity (Wildman–Crippen MR) is 50.0 cm³/mol. The molecule has 0 aliphatic rings. The van der Waals surface area contributed by atoms with E-state index < -0.39 is 35.4 Å². The Morgan fingerprint density at radius 1 is 1.11 bits per heavy atom. The fourth-order valence-corrected chi connectivity index (χ4v) is 0.979. The van der Waals surface area contributed by atoms with E-state index in [2.05, 4.69) is 4.74 Å². The number of carboxylic acids is 1. The van der Waals surface area contributed by atoms with E-state index in [4.69, 9.17) is 5.11 Å². The molecule has 0 aliphatic heterocycles. The van der Waals surface area contributed by atoms with Crippen LogP contribution in [0.25, 0.3) is 0 Å². The van der Waals surface area contributed by atoms with Crippen LogP contribution in [-0.4, -0.2) is 29.1 Å². The highest BCUT2D eigenvalue weighted by molar-refractivity contribution is 5.88. The minimum absolute atomic E-state index is 0.430. The van der Waals surface area contributed by atoms with E-state index in [0.717, 1.165) is 18.2 Å². The number of carbonyl (C=O) groups excluding carboxylic acids is 1. The van der Waals surface area contributed by atoms with Gasteiger partial charge in [-0.3, -0.25) is 0 Å². The van der Waals surface area contributed by atoms with Crippen molar-refractivity contribution in [3.8, 4) is 5.75 Å². The van der Waals surface area contributed by atoms with Crippen LogP contribution in [-0.2, 0) is 4.79 Å². The van der Waals surface area contributed by atoms with E-state index in [-0.39, 0.29) is 0 Å². The molecule has 19 heavy (non-hydrogen) atoms. The van der Waals surface area contributed by atoms with Crippen molar-refractivity contribution < 1.29 is 41.4 Å². The number of rotatable bonds is 3. The Labute approximate surface area is 102 Å². The lowest BCUT2D eigenvalue weighted by atomic mass is 10.2. The smallest absolute Gasteiger partial charge is 0.465 e. The number of carboxylic acid groups (broad SMARTS) is 1. The van der Waals surface area contributed by atoms with Gasteiger partial charge >= 0.3 is 24.0 Å². The third-order valence-electron chi connectivity index (χ3n) is 1.90. The monoisotopic (exact) mass is 284 g/mol. The quantitative estimate of drug-likeness (QED) is 0.526. The van der Waals surface area contributed by atoms with Crippen LogP contribution in [0.1, 0.15) is 10.4 Å². The van der Waals surface area contributed by atoms with E-state index in [1.807, 2.05) is 0 Å². The number of alkyl halides is 5. The average molecular weight is 284 g/mol. The summed E-state index contributed by atoms with van der Waals surface area (Å²) in [5.41, 5.74) is -0.430. The lowest BCUT2D eigenvalue weighted by Crippen LogP contribution is -2.46. The second-order valence-corrected chi connectivity index (χ2v) is 3.29.